The lowest BCUT2D eigenvalue weighted by Gasteiger charge is -2.14. The lowest BCUT2D eigenvalue weighted by atomic mass is 10.1. The van der Waals surface area contributed by atoms with Gasteiger partial charge >= 0.3 is 0 Å². The molecule has 0 saturated carbocycles. The van der Waals surface area contributed by atoms with E-state index in [9.17, 15) is 19.7 Å². The van der Waals surface area contributed by atoms with Crippen LogP contribution < -0.4 is 9.47 Å². The number of nitro groups is 1. The van der Waals surface area contributed by atoms with E-state index in [0.29, 0.717) is 27.6 Å². The number of imide groups is 1. The maximum atomic E-state index is 13.0. The van der Waals surface area contributed by atoms with Crippen LogP contribution in [0.2, 0.25) is 5.02 Å². The second-order valence-electron chi connectivity index (χ2n) is 7.49. The number of nitrogens with zero attached hydrogens (tertiary/aromatic N) is 2. The topological polar surface area (TPSA) is 99.0 Å². The maximum Gasteiger partial charge on any atom is 0.293 e. The van der Waals surface area contributed by atoms with Crippen LogP contribution in [0.1, 0.15) is 16.7 Å². The molecular weight excluding hydrogens is 492 g/mol. The molecule has 3 aromatic carbocycles. The van der Waals surface area contributed by atoms with Gasteiger partial charge in [0.2, 0.25) is 0 Å². The van der Waals surface area contributed by atoms with Crippen molar-refractivity contribution in [2.75, 3.05) is 7.11 Å². The summed E-state index contributed by atoms with van der Waals surface area (Å²) in [6.07, 6.45) is 1.59. The molecule has 0 radical (unpaired) electrons. The number of rotatable bonds is 8. The number of para-hydroxylation sites is 1. The summed E-state index contributed by atoms with van der Waals surface area (Å²) >= 11 is 6.88. The van der Waals surface area contributed by atoms with Crippen LogP contribution >= 0.6 is 23.4 Å². The minimum Gasteiger partial charge on any atom is -0.493 e. The summed E-state index contributed by atoms with van der Waals surface area (Å²) in [5.74, 6) is 0.449. The van der Waals surface area contributed by atoms with Gasteiger partial charge in [0.1, 0.15) is 6.61 Å². The number of ether oxygens (including phenoxy) is 2. The number of carbonyl (C=O) groups excluding carboxylic acids is 2. The Bertz CT molecular complexity index is 1330. The molecule has 4 rings (SSSR count). The Hall–Kier alpha value is -3.82. The molecule has 0 unspecified atom stereocenters. The fourth-order valence-corrected chi connectivity index (χ4v) is 4.47. The summed E-state index contributed by atoms with van der Waals surface area (Å²) < 4.78 is 11.5. The molecule has 0 aliphatic carbocycles. The van der Waals surface area contributed by atoms with E-state index < -0.39 is 16.1 Å². The number of benzene rings is 3. The zero-order valence-electron chi connectivity index (χ0n) is 18.5. The van der Waals surface area contributed by atoms with Crippen LogP contribution in [0.15, 0.2) is 71.6 Å². The molecule has 0 bridgehead atoms. The number of nitro benzene ring substituents is 1. The second kappa shape index (κ2) is 10.6. The molecule has 3 aromatic rings. The van der Waals surface area contributed by atoms with E-state index in [0.717, 1.165) is 22.2 Å². The highest BCUT2D eigenvalue weighted by atomic mass is 35.5. The zero-order chi connectivity index (χ0) is 24.9. The van der Waals surface area contributed by atoms with Crippen molar-refractivity contribution < 1.29 is 24.0 Å². The summed E-state index contributed by atoms with van der Waals surface area (Å²) in [7, 11) is 1.52. The van der Waals surface area contributed by atoms with Gasteiger partial charge in [0.25, 0.3) is 16.8 Å². The largest absolute Gasteiger partial charge is 0.493 e. The zero-order valence-corrected chi connectivity index (χ0v) is 20.0. The molecule has 8 nitrogen and oxygen atoms in total. The Morgan fingerprint density at radius 2 is 1.80 bits per heavy atom. The Balaban J connectivity index is 1.56. The molecule has 1 saturated heterocycles. The third kappa shape index (κ3) is 5.64. The Labute approximate surface area is 210 Å². The van der Waals surface area contributed by atoms with E-state index in [4.69, 9.17) is 21.1 Å². The van der Waals surface area contributed by atoms with Crippen molar-refractivity contribution in [1.29, 1.82) is 0 Å². The van der Waals surface area contributed by atoms with Crippen LogP contribution in [0.3, 0.4) is 0 Å². The lowest BCUT2D eigenvalue weighted by molar-refractivity contribution is -0.384. The maximum absolute atomic E-state index is 13.0. The summed E-state index contributed by atoms with van der Waals surface area (Å²) in [6, 6.07) is 18.3. The van der Waals surface area contributed by atoms with E-state index in [1.807, 2.05) is 12.1 Å². The summed E-state index contributed by atoms with van der Waals surface area (Å²) in [5, 5.41) is 11.0. The molecule has 1 aliphatic rings. The molecular formula is C25H19ClN2O6S. The molecule has 35 heavy (non-hydrogen) atoms. The van der Waals surface area contributed by atoms with Crippen LogP contribution in [0, 0.1) is 10.1 Å². The summed E-state index contributed by atoms with van der Waals surface area (Å²) in [6.45, 7) is 0.236. The van der Waals surface area contributed by atoms with Crippen molar-refractivity contribution in [2.45, 2.75) is 13.2 Å². The molecule has 178 valence electrons. The molecule has 2 amide bonds. The van der Waals surface area contributed by atoms with E-state index in [2.05, 4.69) is 0 Å². The highest BCUT2D eigenvalue weighted by Crippen LogP contribution is 2.38. The lowest BCUT2D eigenvalue weighted by Crippen LogP contribution is -2.27. The third-order valence-corrected chi connectivity index (χ3v) is 6.29. The average molecular weight is 511 g/mol. The van der Waals surface area contributed by atoms with Gasteiger partial charge in [0, 0.05) is 22.7 Å². The average Bonchev–Trinajstić information content (AvgIpc) is 3.10. The van der Waals surface area contributed by atoms with Crippen molar-refractivity contribution in [1.82, 2.24) is 4.90 Å². The molecule has 0 aromatic heterocycles. The van der Waals surface area contributed by atoms with Gasteiger partial charge in [-0.15, -0.1) is 0 Å². The van der Waals surface area contributed by atoms with E-state index in [1.54, 1.807) is 36.4 Å². The van der Waals surface area contributed by atoms with Crippen LogP contribution in [-0.4, -0.2) is 28.1 Å². The highest BCUT2D eigenvalue weighted by Gasteiger charge is 2.35. The smallest absolute Gasteiger partial charge is 0.293 e. The van der Waals surface area contributed by atoms with Crippen molar-refractivity contribution in [3.05, 3.63) is 103 Å². The number of thioether (sulfide) groups is 1. The normalized spacial score (nSPS) is 14.5. The van der Waals surface area contributed by atoms with Crippen molar-refractivity contribution in [3.8, 4) is 11.5 Å². The predicted molar refractivity (Wildman–Crippen MR) is 133 cm³/mol. The Morgan fingerprint density at radius 1 is 1.06 bits per heavy atom. The summed E-state index contributed by atoms with van der Waals surface area (Å²) in [4.78, 5) is 37.2. The van der Waals surface area contributed by atoms with Crippen molar-refractivity contribution in [3.63, 3.8) is 0 Å². The number of methoxy groups -OCH3 is 1. The van der Waals surface area contributed by atoms with Crippen LogP contribution in [-0.2, 0) is 17.9 Å². The number of hydrogen-bond donors (Lipinski definition) is 0. The first kappa shape index (κ1) is 24.3. The predicted octanol–water partition coefficient (Wildman–Crippen LogP) is 6.07. The first-order valence-corrected chi connectivity index (χ1v) is 11.6. The minimum absolute atomic E-state index is 0.0102. The summed E-state index contributed by atoms with van der Waals surface area (Å²) in [5.41, 5.74) is 1.97. The number of amides is 2. The van der Waals surface area contributed by atoms with Crippen molar-refractivity contribution in [2.24, 2.45) is 0 Å². The van der Waals surface area contributed by atoms with E-state index >= 15 is 0 Å². The number of halogens is 1. The first-order chi connectivity index (χ1) is 16.9. The molecule has 0 N–H and O–H groups in total. The molecule has 1 heterocycles. The minimum atomic E-state index is -0.507. The second-order valence-corrected chi connectivity index (χ2v) is 8.92. The number of hydrogen-bond acceptors (Lipinski definition) is 7. The Kier molecular flexibility index (Phi) is 7.38. The van der Waals surface area contributed by atoms with Gasteiger partial charge in [-0.25, -0.2) is 0 Å². The third-order valence-electron chi connectivity index (χ3n) is 5.15. The van der Waals surface area contributed by atoms with Gasteiger partial charge in [0.15, 0.2) is 11.5 Å². The van der Waals surface area contributed by atoms with Gasteiger partial charge in [-0.2, -0.15) is 0 Å². The molecule has 0 spiro atoms. The van der Waals surface area contributed by atoms with Gasteiger partial charge < -0.3 is 9.47 Å². The van der Waals surface area contributed by atoms with E-state index in [-0.39, 0.29) is 23.7 Å². The van der Waals surface area contributed by atoms with Crippen molar-refractivity contribution >= 4 is 46.3 Å². The highest BCUT2D eigenvalue weighted by molar-refractivity contribution is 8.18. The van der Waals surface area contributed by atoms with Crippen LogP contribution in [0.4, 0.5) is 10.5 Å². The van der Waals surface area contributed by atoms with Crippen LogP contribution in [0.25, 0.3) is 6.08 Å². The first-order valence-electron chi connectivity index (χ1n) is 10.4. The Morgan fingerprint density at radius 3 is 2.49 bits per heavy atom. The molecule has 1 fully saturated rings. The van der Waals surface area contributed by atoms with E-state index in [1.165, 1.54) is 31.4 Å². The van der Waals surface area contributed by atoms with Gasteiger partial charge in [-0.05, 0) is 47.2 Å². The standard InChI is InChI=1S/C25H19ClN2O6S/c1-33-21-7-3-5-18(23(21)34-15-17-4-2-6-19(26)12-17)13-22-24(29)27(25(30)35-22)14-16-8-10-20(11-9-16)28(31)32/h2-13H,14-15H2,1H3/b22-13-. The van der Waals surface area contributed by atoms with Crippen LogP contribution in [0.5, 0.6) is 11.5 Å². The molecule has 1 aliphatic heterocycles. The van der Waals surface area contributed by atoms with Gasteiger partial charge in [-0.1, -0.05) is 48.0 Å². The quantitative estimate of drug-likeness (QED) is 0.206. The fourth-order valence-electron chi connectivity index (χ4n) is 3.43. The molecule has 0 atom stereocenters. The fraction of sp³-hybridized carbons (Fsp3) is 0.120. The van der Waals surface area contributed by atoms with Gasteiger partial charge in [-0.3, -0.25) is 24.6 Å². The number of carbonyl (C=O) groups is 2. The SMILES string of the molecule is COc1cccc(/C=C2\SC(=O)N(Cc3ccc([N+](=O)[O-])cc3)C2=O)c1OCc1cccc(Cl)c1. The monoisotopic (exact) mass is 510 g/mol. The number of non-ortho nitro benzene ring substituents is 1. The molecule has 10 heteroatoms. The van der Waals surface area contributed by atoms with Gasteiger partial charge in [0.05, 0.1) is 23.5 Å².